The van der Waals surface area contributed by atoms with Crippen molar-refractivity contribution in [2.24, 2.45) is 0 Å². The summed E-state index contributed by atoms with van der Waals surface area (Å²) < 4.78 is 0. The summed E-state index contributed by atoms with van der Waals surface area (Å²) in [5, 5.41) is 6.56. The van der Waals surface area contributed by atoms with Crippen molar-refractivity contribution in [2.75, 3.05) is 30.4 Å². The van der Waals surface area contributed by atoms with Gasteiger partial charge in [0.2, 0.25) is 0 Å². The molecule has 3 N–H and O–H groups in total. The van der Waals surface area contributed by atoms with Crippen LogP contribution in [0.4, 0.5) is 11.4 Å². The zero-order valence-electron chi connectivity index (χ0n) is 22.2. The molecule has 0 saturated carbocycles. The number of H-pyrrole nitrogens is 1. The third-order valence-corrected chi connectivity index (χ3v) is 6.69. The number of hydrogen-bond donors (Lipinski definition) is 3. The highest BCUT2D eigenvalue weighted by Crippen LogP contribution is 2.32. The molecule has 0 radical (unpaired) electrons. The number of piperidine rings is 1. The maximum atomic E-state index is 5.01. The van der Waals surface area contributed by atoms with Gasteiger partial charge in [0.15, 0.2) is 0 Å². The molecule has 0 spiro atoms. The number of rotatable bonds is 10. The van der Waals surface area contributed by atoms with Crippen molar-refractivity contribution in [3.8, 4) is 0 Å². The van der Waals surface area contributed by atoms with Crippen LogP contribution >= 0.6 is 0 Å². The average molecular weight is 496 g/mol. The SMILES string of the molecule is C=C/C(=C\C(=C/C)c1ccc(NC)c(C(=C)c2nc3c(N4CCCCC4)cncc3[nH]2)n1)NC(=C)CC. The second-order valence-electron chi connectivity index (χ2n) is 9.14. The van der Waals surface area contributed by atoms with Crippen molar-refractivity contribution < 1.29 is 0 Å². The van der Waals surface area contributed by atoms with E-state index in [1.807, 2.05) is 50.6 Å². The number of fused-ring (bicyclic) bond motifs is 1. The van der Waals surface area contributed by atoms with Gasteiger partial charge in [-0.25, -0.2) is 9.97 Å². The Morgan fingerprint density at radius 1 is 1.14 bits per heavy atom. The molecule has 3 aromatic rings. The van der Waals surface area contributed by atoms with Crippen LogP contribution in [0.2, 0.25) is 0 Å². The van der Waals surface area contributed by atoms with Crippen LogP contribution in [0.15, 0.2) is 73.9 Å². The maximum Gasteiger partial charge on any atom is 0.140 e. The van der Waals surface area contributed by atoms with E-state index in [9.17, 15) is 0 Å². The Balaban J connectivity index is 1.71. The van der Waals surface area contributed by atoms with Crippen molar-refractivity contribution in [3.63, 3.8) is 0 Å². The monoisotopic (exact) mass is 495 g/mol. The molecule has 4 heterocycles. The molecule has 1 fully saturated rings. The minimum absolute atomic E-state index is 0.688. The van der Waals surface area contributed by atoms with Crippen molar-refractivity contribution in [3.05, 3.63) is 91.1 Å². The van der Waals surface area contributed by atoms with Crippen molar-refractivity contribution >= 4 is 33.6 Å². The molecule has 0 atom stereocenters. The molecule has 37 heavy (non-hydrogen) atoms. The molecule has 0 unspecified atom stereocenters. The van der Waals surface area contributed by atoms with Crippen molar-refractivity contribution in [2.45, 2.75) is 39.5 Å². The quantitative estimate of drug-likeness (QED) is 0.281. The Labute approximate surface area is 219 Å². The maximum absolute atomic E-state index is 5.01. The first kappa shape index (κ1) is 25.9. The molecule has 0 aliphatic carbocycles. The number of pyridine rings is 2. The normalized spacial score (nSPS) is 14.5. The van der Waals surface area contributed by atoms with Gasteiger partial charge in [-0.05, 0) is 62.5 Å². The highest BCUT2D eigenvalue weighted by molar-refractivity contribution is 5.91. The van der Waals surface area contributed by atoms with Crippen LogP contribution in [0, 0.1) is 0 Å². The average Bonchev–Trinajstić information content (AvgIpc) is 3.39. The minimum Gasteiger partial charge on any atom is -0.386 e. The van der Waals surface area contributed by atoms with Crippen molar-refractivity contribution in [1.82, 2.24) is 25.3 Å². The fourth-order valence-corrected chi connectivity index (χ4v) is 4.50. The summed E-state index contributed by atoms with van der Waals surface area (Å²) in [4.78, 5) is 20.3. The number of aromatic nitrogens is 4. The summed E-state index contributed by atoms with van der Waals surface area (Å²) >= 11 is 0. The second-order valence-corrected chi connectivity index (χ2v) is 9.14. The first-order chi connectivity index (χ1) is 18.0. The van der Waals surface area contributed by atoms with Gasteiger partial charge < -0.3 is 20.5 Å². The Bertz CT molecular complexity index is 1370. The fraction of sp³-hybridized carbons (Fsp3) is 0.300. The van der Waals surface area contributed by atoms with E-state index >= 15 is 0 Å². The van der Waals surface area contributed by atoms with Gasteiger partial charge in [0.1, 0.15) is 11.3 Å². The van der Waals surface area contributed by atoms with E-state index < -0.39 is 0 Å². The molecule has 1 aliphatic rings. The van der Waals surface area contributed by atoms with E-state index in [-0.39, 0.29) is 0 Å². The lowest BCUT2D eigenvalue weighted by atomic mass is 10.1. The summed E-state index contributed by atoms with van der Waals surface area (Å²) in [5.41, 5.74) is 8.82. The third kappa shape index (κ3) is 5.66. The van der Waals surface area contributed by atoms with Gasteiger partial charge in [-0.2, -0.15) is 0 Å². The summed E-state index contributed by atoms with van der Waals surface area (Å²) in [7, 11) is 1.89. The molecular weight excluding hydrogens is 458 g/mol. The Morgan fingerprint density at radius 2 is 1.92 bits per heavy atom. The summed E-state index contributed by atoms with van der Waals surface area (Å²) in [6.45, 7) is 18.5. The molecule has 7 nitrogen and oxygen atoms in total. The highest BCUT2D eigenvalue weighted by Gasteiger charge is 2.19. The smallest absolute Gasteiger partial charge is 0.140 e. The van der Waals surface area contributed by atoms with E-state index in [0.29, 0.717) is 11.4 Å². The van der Waals surface area contributed by atoms with E-state index in [0.717, 1.165) is 70.3 Å². The number of nitrogens with one attached hydrogen (secondary N) is 3. The van der Waals surface area contributed by atoms with E-state index in [1.54, 1.807) is 6.08 Å². The lowest BCUT2D eigenvalue weighted by Gasteiger charge is -2.28. The van der Waals surface area contributed by atoms with Gasteiger partial charge >= 0.3 is 0 Å². The summed E-state index contributed by atoms with van der Waals surface area (Å²) in [6.07, 6.45) is 14.1. The van der Waals surface area contributed by atoms with Gasteiger partial charge in [0.05, 0.1) is 40.7 Å². The number of aromatic amines is 1. The van der Waals surface area contributed by atoms with Crippen LogP contribution in [0.1, 0.15) is 56.7 Å². The van der Waals surface area contributed by atoms with E-state index in [4.69, 9.17) is 9.97 Å². The largest absolute Gasteiger partial charge is 0.386 e. The lowest BCUT2D eigenvalue weighted by Crippen LogP contribution is -2.29. The van der Waals surface area contributed by atoms with Gasteiger partial charge in [-0.15, -0.1) is 0 Å². The van der Waals surface area contributed by atoms with Crippen LogP contribution in [-0.2, 0) is 0 Å². The first-order valence-corrected chi connectivity index (χ1v) is 12.9. The molecule has 0 aromatic carbocycles. The summed E-state index contributed by atoms with van der Waals surface area (Å²) in [6, 6.07) is 4.02. The van der Waals surface area contributed by atoms with Gasteiger partial charge in [0, 0.05) is 37.1 Å². The fourth-order valence-electron chi connectivity index (χ4n) is 4.50. The predicted octanol–water partition coefficient (Wildman–Crippen LogP) is 6.43. The van der Waals surface area contributed by atoms with Crippen LogP contribution in [0.5, 0.6) is 0 Å². The molecule has 0 bridgehead atoms. The van der Waals surface area contributed by atoms with Gasteiger partial charge in [0.25, 0.3) is 0 Å². The molecule has 1 saturated heterocycles. The van der Waals surface area contributed by atoms with E-state index in [2.05, 4.69) is 52.2 Å². The zero-order chi connectivity index (χ0) is 26.4. The summed E-state index contributed by atoms with van der Waals surface area (Å²) in [5.74, 6) is 0.688. The molecule has 192 valence electrons. The number of allylic oxidation sites excluding steroid dienone is 5. The number of anilines is 2. The van der Waals surface area contributed by atoms with Crippen molar-refractivity contribution in [1.29, 1.82) is 0 Å². The predicted molar refractivity (Wildman–Crippen MR) is 156 cm³/mol. The van der Waals surface area contributed by atoms with Crippen LogP contribution < -0.4 is 15.5 Å². The molecule has 1 aliphatic heterocycles. The van der Waals surface area contributed by atoms with Gasteiger partial charge in [-0.3, -0.25) is 4.98 Å². The van der Waals surface area contributed by atoms with Crippen LogP contribution in [0.3, 0.4) is 0 Å². The number of imidazole rings is 1. The van der Waals surface area contributed by atoms with Gasteiger partial charge in [-0.1, -0.05) is 32.7 Å². The molecule has 3 aromatic heterocycles. The lowest BCUT2D eigenvalue weighted by molar-refractivity contribution is 0.578. The third-order valence-electron chi connectivity index (χ3n) is 6.69. The highest BCUT2D eigenvalue weighted by atomic mass is 15.2. The Morgan fingerprint density at radius 3 is 2.59 bits per heavy atom. The molecule has 4 rings (SSSR count). The molecular formula is C30H37N7. The number of hydrogen-bond acceptors (Lipinski definition) is 6. The van der Waals surface area contributed by atoms with Crippen LogP contribution in [-0.4, -0.2) is 40.1 Å². The standard InChI is InChI=1S/C30H37N7/c1-7-20(4)33-23(9-3)17-22(8-2)24-13-14-25(31-6)28(34-24)21(5)30-35-26-18-32-19-27(29(26)36-30)37-15-11-10-12-16-37/h8-9,13-14,17-19,31,33H,3-5,7,10-12,15-16H2,1-2,6H3,(H,35,36)/b22-8+,23-17+. The zero-order valence-corrected chi connectivity index (χ0v) is 22.2. The Kier molecular flexibility index (Phi) is 8.23. The second kappa shape index (κ2) is 11.7. The van der Waals surface area contributed by atoms with Crippen LogP contribution in [0.25, 0.3) is 22.2 Å². The topological polar surface area (TPSA) is 81.8 Å². The van der Waals surface area contributed by atoms with E-state index in [1.165, 1.54) is 19.3 Å². The minimum atomic E-state index is 0.688. The molecule has 0 amide bonds. The number of nitrogens with zero attached hydrogens (tertiary/aromatic N) is 4. The Hall–Kier alpha value is -4.13. The first-order valence-electron chi connectivity index (χ1n) is 12.9. The molecule has 7 heteroatoms.